The number of hydrogen-bond donors (Lipinski definition) is 1. The maximum absolute atomic E-state index is 13.1. The lowest BCUT2D eigenvalue weighted by molar-refractivity contribution is -0.146. The molecule has 3 saturated heterocycles. The van der Waals surface area contributed by atoms with Gasteiger partial charge in [0.15, 0.2) is 0 Å². The molecule has 34 heavy (non-hydrogen) atoms. The summed E-state index contributed by atoms with van der Waals surface area (Å²) in [7, 11) is 0. The smallest absolute Gasteiger partial charge is 0.409 e. The molecule has 0 radical (unpaired) electrons. The number of amides is 2. The Kier molecular flexibility index (Phi) is 8.39. The van der Waals surface area contributed by atoms with Crippen LogP contribution in [0.25, 0.3) is 0 Å². The van der Waals surface area contributed by atoms with Gasteiger partial charge in [0, 0.05) is 38.6 Å². The summed E-state index contributed by atoms with van der Waals surface area (Å²) < 4.78 is 11.0. The fourth-order valence-corrected chi connectivity index (χ4v) is 5.83. The topological polar surface area (TPSA) is 82.6 Å². The number of morpholine rings is 1. The molecule has 1 aromatic carbocycles. The Labute approximate surface area is 208 Å². The van der Waals surface area contributed by atoms with Crippen molar-refractivity contribution in [2.75, 3.05) is 46.0 Å². The average Bonchev–Trinajstić information content (AvgIpc) is 3.10. The average molecular weight is 492 g/mol. The second-order valence-corrected chi connectivity index (χ2v) is 9.91. The van der Waals surface area contributed by atoms with Crippen molar-refractivity contribution in [2.24, 2.45) is 5.92 Å². The lowest BCUT2D eigenvalue weighted by atomic mass is 9.94. The fourth-order valence-electron chi connectivity index (χ4n) is 5.83. The molecule has 4 aliphatic rings. The Hall–Kier alpha value is -1.81. The number of likely N-dealkylation sites (tertiary alicyclic amines) is 1. The van der Waals surface area contributed by atoms with Crippen molar-refractivity contribution in [3.8, 4) is 0 Å². The molecule has 188 valence electrons. The number of piperidine rings is 1. The van der Waals surface area contributed by atoms with Gasteiger partial charge in [-0.05, 0) is 43.2 Å². The largest absolute Gasteiger partial charge is 0.447 e. The Morgan fingerprint density at radius 1 is 1.03 bits per heavy atom. The van der Waals surface area contributed by atoms with E-state index in [0.29, 0.717) is 45.7 Å². The molecule has 0 aromatic heterocycles. The van der Waals surface area contributed by atoms with Crippen LogP contribution < -0.4 is 0 Å². The van der Waals surface area contributed by atoms with E-state index in [2.05, 4.69) is 28.0 Å². The van der Waals surface area contributed by atoms with E-state index in [1.165, 1.54) is 11.1 Å². The zero-order valence-corrected chi connectivity index (χ0v) is 20.7. The molecule has 0 saturated carbocycles. The molecule has 4 heterocycles. The van der Waals surface area contributed by atoms with Crippen molar-refractivity contribution in [1.29, 1.82) is 0 Å². The van der Waals surface area contributed by atoms with Gasteiger partial charge in [0.1, 0.15) is 12.7 Å². The van der Waals surface area contributed by atoms with Gasteiger partial charge < -0.3 is 24.4 Å². The zero-order valence-electron chi connectivity index (χ0n) is 19.7. The first kappa shape index (κ1) is 25.3. The number of β-amino-alcohol motifs (C(OH)–C–C–N with tert-alkyl or cyclic N) is 1. The molecule has 9 heteroatoms. The second-order valence-electron chi connectivity index (χ2n) is 9.91. The third-order valence-electron chi connectivity index (χ3n) is 7.68. The van der Waals surface area contributed by atoms with Gasteiger partial charge in [0.2, 0.25) is 5.91 Å². The molecule has 1 N–H and O–H groups in total. The lowest BCUT2D eigenvalue weighted by Gasteiger charge is -2.39. The molecule has 3 fully saturated rings. The van der Waals surface area contributed by atoms with Gasteiger partial charge in [-0.25, -0.2) is 4.79 Å². The van der Waals surface area contributed by atoms with Crippen LogP contribution in [-0.2, 0) is 27.2 Å². The number of carbonyl (C=O) groups is 2. The van der Waals surface area contributed by atoms with E-state index in [0.717, 1.165) is 32.4 Å². The fraction of sp³-hybridized carbons (Fsp3) is 0.680. The van der Waals surface area contributed by atoms with Crippen molar-refractivity contribution in [3.63, 3.8) is 0 Å². The SMILES string of the molecule is O=C(OC[C@@H](O)CN1CCc2ccccc2C1)N1CCC(C(=O)N2C3CCC2COC3)CC1.S. The zero-order chi connectivity index (χ0) is 22.8. The van der Waals surface area contributed by atoms with Crippen molar-refractivity contribution in [1.82, 2.24) is 14.7 Å². The summed E-state index contributed by atoms with van der Waals surface area (Å²) in [5.74, 6) is 0.208. The van der Waals surface area contributed by atoms with Crippen molar-refractivity contribution in [3.05, 3.63) is 35.4 Å². The Morgan fingerprint density at radius 2 is 1.71 bits per heavy atom. The van der Waals surface area contributed by atoms with E-state index in [4.69, 9.17) is 9.47 Å². The number of carbonyl (C=O) groups excluding carboxylic acids is 2. The summed E-state index contributed by atoms with van der Waals surface area (Å²) in [6.07, 6.45) is 3.27. The molecule has 2 amide bonds. The van der Waals surface area contributed by atoms with Gasteiger partial charge in [-0.1, -0.05) is 24.3 Å². The number of rotatable bonds is 5. The minimum atomic E-state index is -0.713. The summed E-state index contributed by atoms with van der Waals surface area (Å²) in [4.78, 5) is 31.5. The highest BCUT2D eigenvalue weighted by Gasteiger charge is 2.43. The maximum Gasteiger partial charge on any atom is 0.409 e. The quantitative estimate of drug-likeness (QED) is 0.676. The van der Waals surface area contributed by atoms with E-state index in [9.17, 15) is 14.7 Å². The summed E-state index contributed by atoms with van der Waals surface area (Å²) >= 11 is 0. The standard InChI is InChI=1S/C25H35N3O5.H2S/c29-23(14-26-10-7-18-3-1-2-4-20(18)13-26)17-33-25(31)27-11-8-19(9-12-27)24(30)28-21-5-6-22(28)16-32-15-21;/h1-4,19,21-23,29H,5-17H2;1H2/t21?,22?,23-;/m0./s1. The summed E-state index contributed by atoms with van der Waals surface area (Å²) in [5.41, 5.74) is 2.67. The Balaban J connectivity index is 0.00000274. The van der Waals surface area contributed by atoms with Crippen LogP contribution in [-0.4, -0.2) is 96.0 Å². The number of ether oxygens (including phenoxy) is 2. The van der Waals surface area contributed by atoms with Crippen LogP contribution in [0.5, 0.6) is 0 Å². The van der Waals surface area contributed by atoms with Crippen LogP contribution in [0.2, 0.25) is 0 Å². The molecule has 2 unspecified atom stereocenters. The van der Waals surface area contributed by atoms with Gasteiger partial charge in [-0.2, -0.15) is 13.5 Å². The van der Waals surface area contributed by atoms with Gasteiger partial charge >= 0.3 is 6.09 Å². The highest BCUT2D eigenvalue weighted by atomic mass is 32.1. The van der Waals surface area contributed by atoms with E-state index in [1.54, 1.807) is 4.90 Å². The predicted molar refractivity (Wildman–Crippen MR) is 132 cm³/mol. The van der Waals surface area contributed by atoms with E-state index in [-0.39, 0.29) is 44.0 Å². The normalized spacial score (nSPS) is 25.9. The van der Waals surface area contributed by atoms with Crippen LogP contribution in [0.4, 0.5) is 4.79 Å². The number of fused-ring (bicyclic) bond motifs is 3. The van der Waals surface area contributed by atoms with Gasteiger partial charge in [-0.15, -0.1) is 0 Å². The number of aliphatic hydroxyl groups excluding tert-OH is 1. The van der Waals surface area contributed by atoms with Crippen LogP contribution >= 0.6 is 13.5 Å². The summed E-state index contributed by atoms with van der Waals surface area (Å²) in [5, 5.41) is 10.4. The predicted octanol–water partition coefficient (Wildman–Crippen LogP) is 1.76. The van der Waals surface area contributed by atoms with Gasteiger partial charge in [-0.3, -0.25) is 9.69 Å². The molecule has 5 rings (SSSR count). The number of benzene rings is 1. The minimum absolute atomic E-state index is 0. The first-order chi connectivity index (χ1) is 16.1. The monoisotopic (exact) mass is 491 g/mol. The molecule has 4 aliphatic heterocycles. The highest BCUT2D eigenvalue weighted by molar-refractivity contribution is 7.59. The summed E-state index contributed by atoms with van der Waals surface area (Å²) in [6.45, 7) is 4.54. The van der Waals surface area contributed by atoms with Gasteiger partial charge in [0.25, 0.3) is 0 Å². The van der Waals surface area contributed by atoms with Crippen molar-refractivity contribution in [2.45, 2.75) is 56.8 Å². The Bertz CT molecular complexity index is 847. The number of nitrogens with zero attached hydrogens (tertiary/aromatic N) is 3. The maximum atomic E-state index is 13.1. The summed E-state index contributed by atoms with van der Waals surface area (Å²) in [6, 6.07) is 8.86. The molecule has 8 nitrogen and oxygen atoms in total. The lowest BCUT2D eigenvalue weighted by Crippen LogP contribution is -2.53. The van der Waals surface area contributed by atoms with Crippen molar-refractivity contribution >= 4 is 25.5 Å². The van der Waals surface area contributed by atoms with Crippen molar-refractivity contribution < 1.29 is 24.2 Å². The Morgan fingerprint density at radius 3 is 2.41 bits per heavy atom. The third kappa shape index (κ3) is 5.53. The highest BCUT2D eigenvalue weighted by Crippen LogP contribution is 2.32. The van der Waals surface area contributed by atoms with E-state index >= 15 is 0 Å². The molecule has 3 atom stereocenters. The van der Waals surface area contributed by atoms with Crippen LogP contribution in [0, 0.1) is 5.92 Å². The molecule has 1 aromatic rings. The van der Waals surface area contributed by atoms with Gasteiger partial charge in [0.05, 0.1) is 25.3 Å². The number of hydrogen-bond acceptors (Lipinski definition) is 6. The number of aliphatic hydroxyl groups is 1. The van der Waals surface area contributed by atoms with E-state index in [1.807, 2.05) is 6.07 Å². The van der Waals surface area contributed by atoms with Crippen LogP contribution in [0.1, 0.15) is 36.8 Å². The van der Waals surface area contributed by atoms with Crippen LogP contribution in [0.3, 0.4) is 0 Å². The van der Waals surface area contributed by atoms with E-state index < -0.39 is 12.2 Å². The molecular formula is C25H37N3O5S. The van der Waals surface area contributed by atoms with Crippen LogP contribution in [0.15, 0.2) is 24.3 Å². The molecule has 0 aliphatic carbocycles. The minimum Gasteiger partial charge on any atom is -0.447 e. The third-order valence-corrected chi connectivity index (χ3v) is 7.68. The molecule has 0 spiro atoms. The first-order valence-electron chi connectivity index (χ1n) is 12.4. The molecule has 2 bridgehead atoms. The molecular weight excluding hydrogens is 454 g/mol. The first-order valence-corrected chi connectivity index (χ1v) is 12.4. The second kappa shape index (κ2) is 11.3.